The van der Waals surface area contributed by atoms with E-state index < -0.39 is 18.0 Å². The molecular formula is C34H35N3O9S. The summed E-state index contributed by atoms with van der Waals surface area (Å²) in [6.45, 7) is 7.37. The minimum Gasteiger partial charge on any atom is -0.490 e. The number of para-hydroxylation sites is 1. The predicted octanol–water partition coefficient (Wildman–Crippen LogP) is 3.27. The fourth-order valence-electron chi connectivity index (χ4n) is 5.39. The zero-order valence-corrected chi connectivity index (χ0v) is 27.5. The van der Waals surface area contributed by atoms with Gasteiger partial charge in [0.1, 0.15) is 6.54 Å². The van der Waals surface area contributed by atoms with E-state index in [9.17, 15) is 19.2 Å². The standard InChI is InChI=1S/C34H35N3O9S/c1-6-43-26-15-21(13-14-25(26)46-19-29(39)42-5)31-30(33(41)45-8-3)20(4)35-34-37(31)32(40)27(47-34)16-22-17-36(18-28(38)44-7-2)24-12-10-9-11-23(22)24/h9-17,31H,6-8,18-19H2,1-5H3/b27-16+/t31-/m0/s1. The summed E-state index contributed by atoms with van der Waals surface area (Å²) in [5.41, 5.74) is 2.36. The van der Waals surface area contributed by atoms with Gasteiger partial charge in [-0.2, -0.15) is 0 Å². The monoisotopic (exact) mass is 661 g/mol. The highest BCUT2D eigenvalue weighted by Crippen LogP contribution is 2.36. The molecule has 1 aliphatic heterocycles. The van der Waals surface area contributed by atoms with Gasteiger partial charge in [-0.1, -0.05) is 35.6 Å². The number of aromatic nitrogens is 2. The van der Waals surface area contributed by atoms with Crippen molar-refractivity contribution in [3.63, 3.8) is 0 Å². The van der Waals surface area contributed by atoms with Crippen molar-refractivity contribution in [2.24, 2.45) is 4.99 Å². The zero-order valence-electron chi connectivity index (χ0n) is 26.7. The Balaban J connectivity index is 1.67. The van der Waals surface area contributed by atoms with E-state index in [1.165, 1.54) is 23.0 Å². The Labute approximate surface area is 274 Å². The molecule has 12 nitrogen and oxygen atoms in total. The van der Waals surface area contributed by atoms with E-state index in [1.54, 1.807) is 56.5 Å². The fourth-order valence-corrected chi connectivity index (χ4v) is 6.43. The van der Waals surface area contributed by atoms with Crippen LogP contribution in [0.1, 0.15) is 44.9 Å². The Morgan fingerprint density at radius 1 is 0.957 bits per heavy atom. The van der Waals surface area contributed by atoms with Crippen LogP contribution in [0.2, 0.25) is 0 Å². The van der Waals surface area contributed by atoms with Crippen molar-refractivity contribution in [2.45, 2.75) is 40.3 Å². The molecule has 0 spiro atoms. The highest BCUT2D eigenvalue weighted by atomic mass is 32.1. The smallest absolute Gasteiger partial charge is 0.343 e. The molecule has 13 heteroatoms. The van der Waals surface area contributed by atoms with Crippen molar-refractivity contribution in [3.8, 4) is 11.5 Å². The quantitative estimate of drug-likeness (QED) is 0.166. The number of rotatable bonds is 12. The van der Waals surface area contributed by atoms with Gasteiger partial charge in [0.2, 0.25) is 0 Å². The number of nitrogens with zero attached hydrogens (tertiary/aromatic N) is 3. The van der Waals surface area contributed by atoms with Gasteiger partial charge in [0.05, 0.1) is 48.8 Å². The van der Waals surface area contributed by atoms with Crippen molar-refractivity contribution in [2.75, 3.05) is 33.5 Å². The number of carbonyl (C=O) groups excluding carboxylic acids is 3. The van der Waals surface area contributed by atoms with E-state index in [-0.39, 0.29) is 43.5 Å². The second kappa shape index (κ2) is 14.5. The van der Waals surface area contributed by atoms with Crippen LogP contribution in [0.3, 0.4) is 0 Å². The van der Waals surface area contributed by atoms with Crippen LogP contribution in [0.15, 0.2) is 69.7 Å². The van der Waals surface area contributed by atoms with Crippen LogP contribution in [0.25, 0.3) is 17.0 Å². The molecule has 2 aromatic heterocycles. The number of methoxy groups -OCH3 is 1. The maximum atomic E-state index is 14.2. The van der Waals surface area contributed by atoms with E-state index in [0.29, 0.717) is 38.7 Å². The molecule has 0 unspecified atom stereocenters. The Morgan fingerprint density at radius 2 is 1.72 bits per heavy atom. The van der Waals surface area contributed by atoms with Gasteiger partial charge in [0, 0.05) is 22.7 Å². The summed E-state index contributed by atoms with van der Waals surface area (Å²) in [6.07, 6.45) is 3.58. The van der Waals surface area contributed by atoms with Gasteiger partial charge in [-0.25, -0.2) is 14.6 Å². The molecule has 0 saturated carbocycles. The first kappa shape index (κ1) is 33.2. The van der Waals surface area contributed by atoms with Crippen LogP contribution < -0.4 is 24.4 Å². The predicted molar refractivity (Wildman–Crippen MR) is 174 cm³/mol. The number of fused-ring (bicyclic) bond motifs is 2. The van der Waals surface area contributed by atoms with E-state index >= 15 is 0 Å². The summed E-state index contributed by atoms with van der Waals surface area (Å²) < 4.78 is 30.4. The molecule has 1 aliphatic rings. The first-order valence-electron chi connectivity index (χ1n) is 15.1. The molecule has 2 aromatic carbocycles. The van der Waals surface area contributed by atoms with Gasteiger partial charge in [-0.15, -0.1) is 0 Å². The van der Waals surface area contributed by atoms with Crippen molar-refractivity contribution in [3.05, 3.63) is 90.7 Å². The maximum Gasteiger partial charge on any atom is 0.343 e. The van der Waals surface area contributed by atoms with E-state index in [4.69, 9.17) is 18.9 Å². The Morgan fingerprint density at radius 3 is 2.45 bits per heavy atom. The SMILES string of the molecule is CCOC(=O)Cn1cc(/C=c2/sc3n(c2=O)[C@@H](c2ccc(OCC(=O)OC)c(OCC)c2)C(C(=O)OCC)=C(C)N=3)c2ccccc21. The third-order valence-corrected chi connectivity index (χ3v) is 8.37. The summed E-state index contributed by atoms with van der Waals surface area (Å²) in [5, 5.41) is 0.853. The third-order valence-electron chi connectivity index (χ3n) is 7.38. The van der Waals surface area contributed by atoms with Crippen LogP contribution in [0.5, 0.6) is 11.5 Å². The van der Waals surface area contributed by atoms with Gasteiger partial charge in [-0.3, -0.25) is 14.2 Å². The zero-order chi connectivity index (χ0) is 33.7. The van der Waals surface area contributed by atoms with Gasteiger partial charge < -0.3 is 28.3 Å². The molecule has 0 N–H and O–H groups in total. The van der Waals surface area contributed by atoms with E-state index in [0.717, 1.165) is 16.5 Å². The molecule has 1 atom stereocenters. The number of ether oxygens (including phenoxy) is 5. The molecule has 47 heavy (non-hydrogen) atoms. The first-order chi connectivity index (χ1) is 22.7. The van der Waals surface area contributed by atoms with Crippen molar-refractivity contribution in [1.29, 1.82) is 0 Å². The summed E-state index contributed by atoms with van der Waals surface area (Å²) >= 11 is 1.19. The summed E-state index contributed by atoms with van der Waals surface area (Å²) in [7, 11) is 1.27. The Bertz CT molecular complexity index is 2050. The highest BCUT2D eigenvalue weighted by Gasteiger charge is 2.34. The first-order valence-corrected chi connectivity index (χ1v) is 15.9. The van der Waals surface area contributed by atoms with Gasteiger partial charge in [0.15, 0.2) is 22.9 Å². The molecule has 3 heterocycles. The molecule has 0 bridgehead atoms. The minimum absolute atomic E-state index is 0.0209. The number of benzene rings is 2. The van der Waals surface area contributed by atoms with Crippen LogP contribution >= 0.6 is 11.3 Å². The largest absolute Gasteiger partial charge is 0.490 e. The van der Waals surface area contributed by atoms with Gasteiger partial charge in [-0.05, 0) is 57.5 Å². The number of hydrogen-bond acceptors (Lipinski definition) is 11. The van der Waals surface area contributed by atoms with E-state index in [2.05, 4.69) is 9.73 Å². The molecule has 0 radical (unpaired) electrons. The summed E-state index contributed by atoms with van der Waals surface area (Å²) in [6, 6.07) is 11.7. The average molecular weight is 662 g/mol. The third kappa shape index (κ3) is 6.85. The summed E-state index contributed by atoms with van der Waals surface area (Å²) in [5.74, 6) is -0.904. The number of allylic oxidation sites excluding steroid dienone is 1. The molecule has 0 aliphatic carbocycles. The lowest BCUT2D eigenvalue weighted by molar-refractivity contribution is -0.144. The van der Waals surface area contributed by atoms with Crippen LogP contribution in [-0.2, 0) is 35.1 Å². The lowest BCUT2D eigenvalue weighted by Gasteiger charge is -2.25. The second-order valence-corrected chi connectivity index (χ2v) is 11.3. The Hall–Kier alpha value is -5.17. The van der Waals surface area contributed by atoms with Crippen LogP contribution in [0, 0.1) is 0 Å². The topological polar surface area (TPSA) is 137 Å². The fraction of sp³-hybridized carbons (Fsp3) is 0.324. The molecular weight excluding hydrogens is 626 g/mol. The van der Waals surface area contributed by atoms with E-state index in [1.807, 2.05) is 30.5 Å². The molecule has 4 aromatic rings. The van der Waals surface area contributed by atoms with Crippen molar-refractivity contribution < 1.29 is 38.1 Å². The number of esters is 3. The normalized spacial score (nSPS) is 14.4. The lowest BCUT2D eigenvalue weighted by Crippen LogP contribution is -2.40. The lowest BCUT2D eigenvalue weighted by atomic mass is 9.95. The van der Waals surface area contributed by atoms with Gasteiger partial charge in [0.25, 0.3) is 5.56 Å². The average Bonchev–Trinajstić information content (AvgIpc) is 3.55. The van der Waals surface area contributed by atoms with Crippen LogP contribution in [-0.4, -0.2) is 60.6 Å². The molecule has 0 amide bonds. The van der Waals surface area contributed by atoms with Crippen LogP contribution in [0.4, 0.5) is 0 Å². The Kier molecular flexibility index (Phi) is 10.2. The maximum absolute atomic E-state index is 14.2. The second-order valence-electron chi connectivity index (χ2n) is 10.3. The molecule has 5 rings (SSSR count). The minimum atomic E-state index is -0.897. The van der Waals surface area contributed by atoms with Gasteiger partial charge >= 0.3 is 17.9 Å². The highest BCUT2D eigenvalue weighted by molar-refractivity contribution is 7.07. The molecule has 0 fully saturated rings. The van der Waals surface area contributed by atoms with Crippen molar-refractivity contribution in [1.82, 2.24) is 9.13 Å². The van der Waals surface area contributed by atoms with Crippen molar-refractivity contribution >= 4 is 46.2 Å². The number of thiazole rings is 1. The number of carbonyl (C=O) groups is 3. The summed E-state index contributed by atoms with van der Waals surface area (Å²) in [4.78, 5) is 56.7. The molecule has 0 saturated heterocycles. The molecule has 246 valence electrons. The number of hydrogen-bond donors (Lipinski definition) is 0.